The third kappa shape index (κ3) is 5.38. The van der Waals surface area contributed by atoms with E-state index >= 15 is 0 Å². The van der Waals surface area contributed by atoms with Crippen LogP contribution in [-0.2, 0) is 0 Å². The molecule has 20 heavy (non-hydrogen) atoms. The summed E-state index contributed by atoms with van der Waals surface area (Å²) in [5.41, 5.74) is -0.0843. The minimum atomic E-state index is -1.14. The highest BCUT2D eigenvalue weighted by molar-refractivity contribution is 6.03. The third-order valence-electron chi connectivity index (χ3n) is 3.07. The van der Waals surface area contributed by atoms with Gasteiger partial charge in [0.1, 0.15) is 5.69 Å². The number of nitrogens with zero attached hydrogens (tertiary/aromatic N) is 1. The predicted molar refractivity (Wildman–Crippen MR) is 76.9 cm³/mol. The van der Waals surface area contributed by atoms with E-state index < -0.39 is 11.9 Å². The summed E-state index contributed by atoms with van der Waals surface area (Å²) in [6, 6.07) is 2.89. The summed E-state index contributed by atoms with van der Waals surface area (Å²) < 4.78 is 0. The number of aromatic nitrogens is 1. The van der Waals surface area contributed by atoms with Crippen molar-refractivity contribution in [3.8, 4) is 0 Å². The van der Waals surface area contributed by atoms with Gasteiger partial charge < -0.3 is 10.4 Å². The molecule has 0 aliphatic heterocycles. The first kappa shape index (κ1) is 16.1. The Kier molecular flexibility index (Phi) is 7.32. The molecule has 1 heterocycles. The SMILES string of the molecule is CCCCCCCCNC(=O)c1ncccc1C(=O)O. The number of hydrogen-bond donors (Lipinski definition) is 2. The van der Waals surface area contributed by atoms with Gasteiger partial charge in [0.25, 0.3) is 5.91 Å². The van der Waals surface area contributed by atoms with Crippen LogP contribution in [0.3, 0.4) is 0 Å². The molecule has 0 atom stereocenters. The smallest absolute Gasteiger partial charge is 0.338 e. The Hall–Kier alpha value is -1.91. The second kappa shape index (κ2) is 9.07. The van der Waals surface area contributed by atoms with Gasteiger partial charge >= 0.3 is 5.97 Å². The highest BCUT2D eigenvalue weighted by atomic mass is 16.4. The molecule has 0 radical (unpaired) electrons. The fourth-order valence-electron chi connectivity index (χ4n) is 1.95. The summed E-state index contributed by atoms with van der Waals surface area (Å²) in [7, 11) is 0. The first-order chi connectivity index (χ1) is 9.66. The highest BCUT2D eigenvalue weighted by Gasteiger charge is 2.16. The van der Waals surface area contributed by atoms with Crippen molar-refractivity contribution in [2.75, 3.05) is 6.54 Å². The molecular weight excluding hydrogens is 256 g/mol. The van der Waals surface area contributed by atoms with Crippen molar-refractivity contribution in [2.45, 2.75) is 45.4 Å². The summed E-state index contributed by atoms with van der Waals surface area (Å²) in [6.07, 6.45) is 8.28. The topological polar surface area (TPSA) is 79.3 Å². The van der Waals surface area contributed by atoms with E-state index in [0.29, 0.717) is 6.54 Å². The van der Waals surface area contributed by atoms with Crippen LogP contribution in [0.1, 0.15) is 66.3 Å². The lowest BCUT2D eigenvalue weighted by Crippen LogP contribution is -2.27. The number of carbonyl (C=O) groups is 2. The van der Waals surface area contributed by atoms with Crippen molar-refractivity contribution in [1.29, 1.82) is 0 Å². The summed E-state index contributed by atoms with van der Waals surface area (Å²) >= 11 is 0. The first-order valence-corrected chi connectivity index (χ1v) is 7.13. The summed E-state index contributed by atoms with van der Waals surface area (Å²) in [6.45, 7) is 2.73. The number of aromatic carboxylic acids is 1. The standard InChI is InChI=1S/C15H22N2O3/c1-2-3-4-5-6-7-10-17-14(18)13-12(15(19)20)9-8-11-16-13/h8-9,11H,2-7,10H2,1H3,(H,17,18)(H,19,20). The van der Waals surface area contributed by atoms with Crippen LogP contribution in [0.15, 0.2) is 18.3 Å². The summed E-state index contributed by atoms with van der Waals surface area (Å²) in [4.78, 5) is 26.7. The molecule has 0 fully saturated rings. The monoisotopic (exact) mass is 278 g/mol. The van der Waals surface area contributed by atoms with Crippen molar-refractivity contribution in [1.82, 2.24) is 10.3 Å². The Labute approximate surface area is 119 Å². The molecular formula is C15H22N2O3. The van der Waals surface area contributed by atoms with Crippen LogP contribution < -0.4 is 5.32 Å². The van der Waals surface area contributed by atoms with Crippen LogP contribution in [0.5, 0.6) is 0 Å². The number of hydrogen-bond acceptors (Lipinski definition) is 3. The number of pyridine rings is 1. The van der Waals surface area contributed by atoms with Crippen molar-refractivity contribution < 1.29 is 14.7 Å². The molecule has 0 aliphatic rings. The molecule has 0 unspecified atom stereocenters. The third-order valence-corrected chi connectivity index (χ3v) is 3.07. The maximum Gasteiger partial charge on any atom is 0.338 e. The van der Waals surface area contributed by atoms with Gasteiger partial charge in [0, 0.05) is 12.7 Å². The number of carboxylic acid groups (broad SMARTS) is 1. The fourth-order valence-corrected chi connectivity index (χ4v) is 1.95. The zero-order chi connectivity index (χ0) is 14.8. The number of amides is 1. The lowest BCUT2D eigenvalue weighted by molar-refractivity contribution is 0.0690. The van der Waals surface area contributed by atoms with Crippen LogP contribution in [0, 0.1) is 0 Å². The minimum absolute atomic E-state index is 0.0222. The van der Waals surface area contributed by atoms with Gasteiger partial charge in [-0.15, -0.1) is 0 Å². The molecule has 1 rings (SSSR count). The number of carbonyl (C=O) groups excluding carboxylic acids is 1. The predicted octanol–water partition coefficient (Wildman–Crippen LogP) is 2.87. The summed E-state index contributed by atoms with van der Waals surface area (Å²) in [5.74, 6) is -1.56. The molecule has 1 aromatic rings. The minimum Gasteiger partial charge on any atom is -0.478 e. The number of carboxylic acids is 1. The largest absolute Gasteiger partial charge is 0.478 e. The number of rotatable bonds is 9. The molecule has 1 amide bonds. The van der Waals surface area contributed by atoms with E-state index in [4.69, 9.17) is 5.11 Å². The fraction of sp³-hybridized carbons (Fsp3) is 0.533. The Morgan fingerprint density at radius 3 is 2.60 bits per heavy atom. The Balaban J connectivity index is 2.35. The Morgan fingerprint density at radius 1 is 1.20 bits per heavy atom. The van der Waals surface area contributed by atoms with Gasteiger partial charge in [-0.05, 0) is 18.6 Å². The van der Waals surface area contributed by atoms with E-state index in [0.717, 1.165) is 12.8 Å². The van der Waals surface area contributed by atoms with E-state index in [2.05, 4.69) is 17.2 Å². The van der Waals surface area contributed by atoms with Gasteiger partial charge in [-0.25, -0.2) is 4.79 Å². The molecule has 0 saturated carbocycles. The Morgan fingerprint density at radius 2 is 1.90 bits per heavy atom. The van der Waals surface area contributed by atoms with E-state index in [1.54, 1.807) is 0 Å². The van der Waals surface area contributed by atoms with Gasteiger partial charge in [0.2, 0.25) is 0 Å². The van der Waals surface area contributed by atoms with Crippen LogP contribution in [0.25, 0.3) is 0 Å². The number of nitrogens with one attached hydrogen (secondary N) is 1. The van der Waals surface area contributed by atoms with E-state index in [1.165, 1.54) is 44.0 Å². The van der Waals surface area contributed by atoms with E-state index in [9.17, 15) is 9.59 Å². The molecule has 0 bridgehead atoms. The Bertz CT molecular complexity index is 446. The van der Waals surface area contributed by atoms with Gasteiger partial charge in [0.05, 0.1) is 5.56 Å². The second-order valence-electron chi connectivity index (χ2n) is 4.73. The first-order valence-electron chi connectivity index (χ1n) is 7.13. The van der Waals surface area contributed by atoms with Crippen LogP contribution in [0.4, 0.5) is 0 Å². The highest BCUT2D eigenvalue weighted by Crippen LogP contribution is 2.06. The van der Waals surface area contributed by atoms with Gasteiger partial charge in [-0.1, -0.05) is 39.0 Å². The lowest BCUT2D eigenvalue weighted by Gasteiger charge is -2.06. The van der Waals surface area contributed by atoms with Crippen molar-refractivity contribution in [3.63, 3.8) is 0 Å². The van der Waals surface area contributed by atoms with Gasteiger partial charge in [0.15, 0.2) is 0 Å². The molecule has 0 aromatic carbocycles. The average molecular weight is 278 g/mol. The van der Waals surface area contributed by atoms with Gasteiger partial charge in [-0.2, -0.15) is 0 Å². The molecule has 110 valence electrons. The maximum absolute atomic E-state index is 11.9. The molecule has 0 spiro atoms. The quantitative estimate of drug-likeness (QED) is 0.681. The second-order valence-corrected chi connectivity index (χ2v) is 4.73. The normalized spacial score (nSPS) is 10.2. The van der Waals surface area contributed by atoms with Crippen molar-refractivity contribution in [3.05, 3.63) is 29.6 Å². The molecule has 0 aliphatic carbocycles. The molecule has 2 N–H and O–H groups in total. The van der Waals surface area contributed by atoms with Gasteiger partial charge in [-0.3, -0.25) is 9.78 Å². The lowest BCUT2D eigenvalue weighted by atomic mass is 10.1. The molecule has 5 heteroatoms. The van der Waals surface area contributed by atoms with Crippen molar-refractivity contribution >= 4 is 11.9 Å². The van der Waals surface area contributed by atoms with Crippen LogP contribution in [0.2, 0.25) is 0 Å². The van der Waals surface area contributed by atoms with Crippen LogP contribution >= 0.6 is 0 Å². The number of unbranched alkanes of at least 4 members (excludes halogenated alkanes) is 5. The molecule has 1 aromatic heterocycles. The van der Waals surface area contributed by atoms with Crippen LogP contribution in [-0.4, -0.2) is 28.5 Å². The zero-order valence-electron chi connectivity index (χ0n) is 11.9. The average Bonchev–Trinajstić information content (AvgIpc) is 2.46. The molecule has 0 saturated heterocycles. The maximum atomic E-state index is 11.9. The van der Waals surface area contributed by atoms with E-state index in [-0.39, 0.29) is 11.3 Å². The molecule has 5 nitrogen and oxygen atoms in total. The van der Waals surface area contributed by atoms with Crippen molar-refractivity contribution in [2.24, 2.45) is 0 Å². The van der Waals surface area contributed by atoms with E-state index in [1.807, 2.05) is 0 Å². The zero-order valence-corrected chi connectivity index (χ0v) is 11.9. The summed E-state index contributed by atoms with van der Waals surface area (Å²) in [5, 5.41) is 11.7.